The third kappa shape index (κ3) is 4.62. The first-order chi connectivity index (χ1) is 16.2. The maximum atomic E-state index is 14.1. The molecule has 3 aromatic heterocycles. The van der Waals surface area contributed by atoms with Gasteiger partial charge in [-0.25, -0.2) is 13.8 Å². The number of ether oxygens (including phenoxy) is 1. The molecule has 176 valence electrons. The second kappa shape index (κ2) is 9.22. The zero-order valence-electron chi connectivity index (χ0n) is 18.5. The summed E-state index contributed by atoms with van der Waals surface area (Å²) in [6.45, 7) is 1.97. The number of carbonyl (C=O) groups excluding carboxylic acids is 1. The fourth-order valence-electron chi connectivity index (χ4n) is 3.47. The maximum absolute atomic E-state index is 14.1. The molecule has 0 spiro atoms. The minimum atomic E-state index is -0.839. The largest absolute Gasteiger partial charge is 0.497 e. The fourth-order valence-corrected chi connectivity index (χ4v) is 3.67. The van der Waals surface area contributed by atoms with Crippen LogP contribution in [0, 0.1) is 11.6 Å². The quantitative estimate of drug-likeness (QED) is 0.394. The molecule has 34 heavy (non-hydrogen) atoms. The van der Waals surface area contributed by atoms with Gasteiger partial charge in [-0.15, -0.1) is 0 Å². The number of benzene rings is 1. The molecule has 1 atom stereocenters. The van der Waals surface area contributed by atoms with Crippen LogP contribution in [0.2, 0.25) is 5.15 Å². The molecule has 1 amide bonds. The Bertz CT molecular complexity index is 1360. The van der Waals surface area contributed by atoms with E-state index in [1.54, 1.807) is 30.1 Å². The average Bonchev–Trinajstić information content (AvgIpc) is 3.46. The lowest BCUT2D eigenvalue weighted by Crippen LogP contribution is -2.40. The number of rotatable bonds is 7. The van der Waals surface area contributed by atoms with Crippen LogP contribution >= 0.6 is 11.6 Å². The molecule has 0 bridgehead atoms. The number of aryl methyl sites for hydroxylation is 1. The van der Waals surface area contributed by atoms with Crippen molar-refractivity contribution in [1.29, 1.82) is 0 Å². The first-order valence-electron chi connectivity index (χ1n) is 10.1. The number of hydrogen-bond donors (Lipinski definition) is 1. The number of pyridine rings is 1. The molecule has 0 aliphatic carbocycles. The van der Waals surface area contributed by atoms with Crippen LogP contribution in [0.5, 0.6) is 5.75 Å². The first-order valence-corrected chi connectivity index (χ1v) is 10.5. The highest BCUT2D eigenvalue weighted by molar-refractivity contribution is 6.29. The molecule has 11 heteroatoms. The second-order valence-electron chi connectivity index (χ2n) is 7.83. The van der Waals surface area contributed by atoms with E-state index in [1.807, 2.05) is 13.1 Å². The number of hydrogen-bond acceptors (Lipinski definition) is 6. The standard InChI is InChI=1S/C23H20ClF2N5O3/c1-23(13-10-28-31(2)11-13,20-7-15(33-3)8-21(24)29-20)12-27-22(32)19-9-18(30-34-19)16-5-4-14(25)6-17(16)26/h4-11H,12H2,1-3H3,(H,27,32)/t23-/m1/s1. The molecule has 8 nitrogen and oxygen atoms in total. The Morgan fingerprint density at radius 1 is 1.26 bits per heavy atom. The first kappa shape index (κ1) is 23.4. The Labute approximate surface area is 198 Å². The van der Waals surface area contributed by atoms with Crippen LogP contribution in [-0.4, -0.2) is 39.5 Å². The summed E-state index contributed by atoms with van der Waals surface area (Å²) in [6, 6.07) is 7.65. The summed E-state index contributed by atoms with van der Waals surface area (Å²) in [5.41, 5.74) is 0.572. The van der Waals surface area contributed by atoms with E-state index < -0.39 is 23.0 Å². The van der Waals surface area contributed by atoms with Crippen LogP contribution in [0.15, 0.2) is 53.3 Å². The molecule has 0 radical (unpaired) electrons. The minimum absolute atomic E-state index is 0.0135. The lowest BCUT2D eigenvalue weighted by molar-refractivity contribution is 0.0910. The van der Waals surface area contributed by atoms with Gasteiger partial charge >= 0.3 is 0 Å². The van der Waals surface area contributed by atoms with Gasteiger partial charge in [0.2, 0.25) is 5.76 Å². The molecular formula is C23H20ClF2N5O3. The highest BCUT2D eigenvalue weighted by Gasteiger charge is 2.34. The summed E-state index contributed by atoms with van der Waals surface area (Å²) < 4.78 is 39.3. The number of methoxy groups -OCH3 is 1. The zero-order chi connectivity index (χ0) is 24.5. The summed E-state index contributed by atoms with van der Waals surface area (Å²) in [6.07, 6.45) is 3.48. The van der Waals surface area contributed by atoms with E-state index in [1.165, 1.54) is 19.2 Å². The molecule has 1 N–H and O–H groups in total. The number of nitrogens with zero attached hydrogens (tertiary/aromatic N) is 4. The molecule has 0 aliphatic rings. The third-order valence-electron chi connectivity index (χ3n) is 5.45. The predicted molar refractivity (Wildman–Crippen MR) is 120 cm³/mol. The van der Waals surface area contributed by atoms with Gasteiger partial charge in [-0.1, -0.05) is 16.8 Å². The Morgan fingerprint density at radius 3 is 2.74 bits per heavy atom. The van der Waals surface area contributed by atoms with Gasteiger partial charge in [0.15, 0.2) is 0 Å². The van der Waals surface area contributed by atoms with Crippen LogP contribution < -0.4 is 10.1 Å². The second-order valence-corrected chi connectivity index (χ2v) is 8.22. The van der Waals surface area contributed by atoms with Gasteiger partial charge in [-0.05, 0) is 19.1 Å². The van der Waals surface area contributed by atoms with Gasteiger partial charge in [0, 0.05) is 55.2 Å². The number of amides is 1. The van der Waals surface area contributed by atoms with Crippen molar-refractivity contribution >= 4 is 17.5 Å². The lowest BCUT2D eigenvalue weighted by atomic mass is 9.80. The van der Waals surface area contributed by atoms with E-state index in [4.69, 9.17) is 20.9 Å². The molecule has 0 saturated carbocycles. The average molecular weight is 488 g/mol. The van der Waals surface area contributed by atoms with E-state index in [2.05, 4.69) is 20.6 Å². The molecule has 0 unspecified atom stereocenters. The Balaban J connectivity index is 1.61. The number of carbonyl (C=O) groups is 1. The normalized spacial score (nSPS) is 12.9. The molecule has 4 rings (SSSR count). The smallest absolute Gasteiger partial charge is 0.289 e. The van der Waals surface area contributed by atoms with Crippen LogP contribution in [0.1, 0.15) is 28.7 Å². The van der Waals surface area contributed by atoms with E-state index in [0.29, 0.717) is 11.4 Å². The van der Waals surface area contributed by atoms with E-state index >= 15 is 0 Å². The van der Waals surface area contributed by atoms with Crippen molar-refractivity contribution in [1.82, 2.24) is 25.2 Å². The highest BCUT2D eigenvalue weighted by Crippen LogP contribution is 2.33. The summed E-state index contributed by atoms with van der Waals surface area (Å²) in [7, 11) is 3.29. The molecule has 0 aliphatic heterocycles. The summed E-state index contributed by atoms with van der Waals surface area (Å²) in [4.78, 5) is 17.3. The zero-order valence-corrected chi connectivity index (χ0v) is 19.2. The van der Waals surface area contributed by atoms with Gasteiger partial charge in [0.25, 0.3) is 5.91 Å². The van der Waals surface area contributed by atoms with Crippen molar-refractivity contribution in [3.8, 4) is 17.0 Å². The van der Waals surface area contributed by atoms with Crippen molar-refractivity contribution < 1.29 is 22.8 Å². The highest BCUT2D eigenvalue weighted by atomic mass is 35.5. The number of aromatic nitrogens is 4. The maximum Gasteiger partial charge on any atom is 0.289 e. The van der Waals surface area contributed by atoms with Gasteiger partial charge in [0.1, 0.15) is 28.2 Å². The van der Waals surface area contributed by atoms with E-state index in [9.17, 15) is 13.6 Å². The van der Waals surface area contributed by atoms with Crippen LogP contribution in [0.4, 0.5) is 8.78 Å². The van der Waals surface area contributed by atoms with Crippen molar-refractivity contribution in [2.45, 2.75) is 12.3 Å². The lowest BCUT2D eigenvalue weighted by Gasteiger charge is -2.28. The van der Waals surface area contributed by atoms with Crippen LogP contribution in [0.25, 0.3) is 11.3 Å². The Kier molecular flexibility index (Phi) is 6.34. The molecular weight excluding hydrogens is 468 g/mol. The Morgan fingerprint density at radius 2 is 2.06 bits per heavy atom. The fraction of sp³-hybridized carbons (Fsp3) is 0.217. The van der Waals surface area contributed by atoms with Crippen molar-refractivity contribution in [3.63, 3.8) is 0 Å². The van der Waals surface area contributed by atoms with Gasteiger partial charge in [-0.2, -0.15) is 5.10 Å². The third-order valence-corrected chi connectivity index (χ3v) is 5.65. The summed E-state index contributed by atoms with van der Waals surface area (Å²) in [5, 5.41) is 11.0. The summed E-state index contributed by atoms with van der Waals surface area (Å²) in [5.74, 6) is -1.74. The Hall–Kier alpha value is -3.79. The number of nitrogens with one attached hydrogen (secondary N) is 1. The number of halogens is 3. The van der Waals surface area contributed by atoms with Gasteiger partial charge < -0.3 is 14.6 Å². The van der Waals surface area contributed by atoms with Crippen molar-refractivity contribution in [2.75, 3.05) is 13.7 Å². The topological polar surface area (TPSA) is 95.1 Å². The predicted octanol–water partition coefficient (Wildman–Crippen LogP) is 4.15. The van der Waals surface area contributed by atoms with E-state index in [0.717, 1.165) is 17.7 Å². The minimum Gasteiger partial charge on any atom is -0.497 e. The van der Waals surface area contributed by atoms with E-state index in [-0.39, 0.29) is 28.7 Å². The summed E-state index contributed by atoms with van der Waals surface area (Å²) >= 11 is 6.19. The van der Waals surface area contributed by atoms with Crippen molar-refractivity contribution in [2.24, 2.45) is 7.05 Å². The molecule has 1 aromatic carbocycles. The van der Waals surface area contributed by atoms with Gasteiger partial charge in [0.05, 0.1) is 24.4 Å². The molecule has 4 aromatic rings. The molecule has 3 heterocycles. The van der Waals surface area contributed by atoms with Crippen molar-refractivity contribution in [3.05, 3.63) is 82.6 Å². The van der Waals surface area contributed by atoms with Gasteiger partial charge in [-0.3, -0.25) is 9.48 Å². The monoisotopic (exact) mass is 487 g/mol. The molecule has 0 fully saturated rings. The van der Waals surface area contributed by atoms with Crippen LogP contribution in [-0.2, 0) is 12.5 Å². The SMILES string of the molecule is COc1cc(Cl)nc([C@](C)(CNC(=O)c2cc(-c3ccc(F)cc3F)no2)c2cnn(C)c2)c1. The molecule has 0 saturated heterocycles. The van der Waals surface area contributed by atoms with Crippen LogP contribution in [0.3, 0.4) is 0 Å².